The molecule has 0 aromatic heterocycles. The first kappa shape index (κ1) is 23.1. The van der Waals surface area contributed by atoms with Gasteiger partial charge in [-0.25, -0.2) is 0 Å². The fourth-order valence-corrected chi connectivity index (χ4v) is 3.21. The second-order valence-electron chi connectivity index (χ2n) is 6.91. The third kappa shape index (κ3) is 9.51. The molecule has 0 heterocycles. The Labute approximate surface area is 159 Å². The van der Waals surface area contributed by atoms with E-state index < -0.39 is 30.1 Å². The summed E-state index contributed by atoms with van der Waals surface area (Å²) in [4.78, 5) is 45.1. The Hall–Kier alpha value is -1.96. The molecule has 0 radical (unpaired) electrons. The highest BCUT2D eigenvalue weighted by Gasteiger charge is 2.43. The molecule has 0 bridgehead atoms. The summed E-state index contributed by atoms with van der Waals surface area (Å²) in [6.07, 6.45) is 1.34. The Morgan fingerprint density at radius 3 is 2.07 bits per heavy atom. The van der Waals surface area contributed by atoms with Crippen molar-refractivity contribution in [1.82, 2.24) is 0 Å². The number of hydrogen-bond donors (Lipinski definition) is 0. The Balaban J connectivity index is 2.74. The summed E-state index contributed by atoms with van der Waals surface area (Å²) >= 11 is 0. The molecular formula is C19H30O8. The van der Waals surface area contributed by atoms with Gasteiger partial charge in [0.05, 0.1) is 12.7 Å². The first-order valence-electron chi connectivity index (χ1n) is 9.27. The minimum Gasteiger partial charge on any atom is -0.465 e. The van der Waals surface area contributed by atoms with Crippen molar-refractivity contribution in [3.8, 4) is 0 Å². The maximum atomic E-state index is 11.5. The highest BCUT2D eigenvalue weighted by molar-refractivity contribution is 5.75. The van der Waals surface area contributed by atoms with E-state index in [-0.39, 0.29) is 24.4 Å². The van der Waals surface area contributed by atoms with E-state index in [0.717, 1.165) is 12.8 Å². The van der Waals surface area contributed by atoms with Crippen molar-refractivity contribution in [2.45, 2.75) is 78.1 Å². The lowest BCUT2D eigenvalue weighted by molar-refractivity contribution is -0.187. The number of unbranched alkanes of at least 4 members (excludes halogenated alkanes) is 1. The first-order valence-corrected chi connectivity index (χ1v) is 9.27. The van der Waals surface area contributed by atoms with E-state index in [4.69, 9.17) is 18.9 Å². The van der Waals surface area contributed by atoms with Gasteiger partial charge in [-0.2, -0.15) is 0 Å². The summed E-state index contributed by atoms with van der Waals surface area (Å²) in [5.41, 5.74) is 0. The molecule has 0 unspecified atom stereocenters. The van der Waals surface area contributed by atoms with Gasteiger partial charge >= 0.3 is 17.9 Å². The molecular weight excluding hydrogens is 356 g/mol. The van der Waals surface area contributed by atoms with Crippen LogP contribution in [-0.4, -0.2) is 55.2 Å². The molecule has 8 nitrogen and oxygen atoms in total. The third-order valence-corrected chi connectivity index (χ3v) is 4.29. The van der Waals surface area contributed by atoms with Crippen LogP contribution in [0.5, 0.6) is 0 Å². The van der Waals surface area contributed by atoms with Crippen LogP contribution in [0.25, 0.3) is 0 Å². The minimum absolute atomic E-state index is 0.0508. The number of Topliss-reactive ketones (excluding diaryl/α,β-unsaturated/α-hetero) is 1. The van der Waals surface area contributed by atoms with Gasteiger partial charge in [0.25, 0.3) is 0 Å². The van der Waals surface area contributed by atoms with Crippen molar-refractivity contribution in [1.29, 1.82) is 0 Å². The molecule has 27 heavy (non-hydrogen) atoms. The van der Waals surface area contributed by atoms with Crippen LogP contribution >= 0.6 is 0 Å². The first-order chi connectivity index (χ1) is 12.7. The average molecular weight is 386 g/mol. The molecule has 1 rings (SSSR count). The molecule has 0 aliphatic heterocycles. The third-order valence-electron chi connectivity index (χ3n) is 4.29. The SMILES string of the molecule is CC(=O)CCCCO[C@@H]1C[C@H](COC(C)=O)[C@H](OC(C)=O)[C@H](OC(C)=O)C1. The van der Waals surface area contributed by atoms with Crippen LogP contribution in [0.2, 0.25) is 0 Å². The summed E-state index contributed by atoms with van der Waals surface area (Å²) < 4.78 is 21.7. The molecule has 8 heteroatoms. The molecule has 0 aromatic carbocycles. The molecule has 154 valence electrons. The lowest BCUT2D eigenvalue weighted by Gasteiger charge is -2.40. The van der Waals surface area contributed by atoms with E-state index >= 15 is 0 Å². The van der Waals surface area contributed by atoms with Crippen LogP contribution < -0.4 is 0 Å². The van der Waals surface area contributed by atoms with Gasteiger partial charge in [-0.15, -0.1) is 0 Å². The highest BCUT2D eigenvalue weighted by Crippen LogP contribution is 2.32. The van der Waals surface area contributed by atoms with E-state index in [2.05, 4.69) is 0 Å². The summed E-state index contributed by atoms with van der Waals surface area (Å²) in [5.74, 6) is -1.60. The normalized spacial score (nSPS) is 24.7. The second-order valence-corrected chi connectivity index (χ2v) is 6.91. The number of esters is 3. The Morgan fingerprint density at radius 2 is 1.52 bits per heavy atom. The topological polar surface area (TPSA) is 105 Å². The van der Waals surface area contributed by atoms with E-state index in [0.29, 0.717) is 25.9 Å². The molecule has 1 fully saturated rings. The molecule has 0 saturated heterocycles. The summed E-state index contributed by atoms with van der Waals surface area (Å²) in [5, 5.41) is 0. The zero-order chi connectivity index (χ0) is 20.4. The number of ether oxygens (including phenoxy) is 4. The Kier molecular flexibility index (Phi) is 9.99. The van der Waals surface area contributed by atoms with Crippen LogP contribution in [0.3, 0.4) is 0 Å². The molecule has 0 amide bonds. The Bertz CT molecular complexity index is 530. The maximum absolute atomic E-state index is 11.5. The van der Waals surface area contributed by atoms with E-state index in [1.54, 1.807) is 6.92 Å². The van der Waals surface area contributed by atoms with Gasteiger partial charge in [-0.1, -0.05) is 0 Å². The average Bonchev–Trinajstić information content (AvgIpc) is 2.53. The predicted molar refractivity (Wildman–Crippen MR) is 94.7 cm³/mol. The van der Waals surface area contributed by atoms with Crippen molar-refractivity contribution in [2.75, 3.05) is 13.2 Å². The van der Waals surface area contributed by atoms with E-state index in [1.807, 2.05) is 0 Å². The van der Waals surface area contributed by atoms with Crippen molar-refractivity contribution in [2.24, 2.45) is 5.92 Å². The van der Waals surface area contributed by atoms with Crippen molar-refractivity contribution in [3.63, 3.8) is 0 Å². The standard InChI is InChI=1S/C19H30O8/c1-12(20)7-5-6-8-24-17-9-16(11-25-13(2)21)19(27-15(4)23)18(10-17)26-14(3)22/h16-19H,5-11H2,1-4H3/t16-,17-,18-,19+/m1/s1. The van der Waals surface area contributed by atoms with Gasteiger partial charge < -0.3 is 23.7 Å². The number of rotatable bonds is 10. The fourth-order valence-electron chi connectivity index (χ4n) is 3.21. The summed E-state index contributed by atoms with van der Waals surface area (Å²) in [7, 11) is 0. The molecule has 1 aliphatic carbocycles. The largest absolute Gasteiger partial charge is 0.465 e. The second kappa shape index (κ2) is 11.7. The van der Waals surface area contributed by atoms with Crippen LogP contribution in [0.15, 0.2) is 0 Å². The molecule has 0 spiro atoms. The molecule has 0 aromatic rings. The number of carbonyl (C=O) groups excluding carboxylic acids is 4. The number of carbonyl (C=O) groups is 4. The van der Waals surface area contributed by atoms with Gasteiger partial charge in [-0.05, 0) is 26.2 Å². The van der Waals surface area contributed by atoms with Crippen LogP contribution in [0.4, 0.5) is 0 Å². The molecule has 4 atom stereocenters. The maximum Gasteiger partial charge on any atom is 0.303 e. The Morgan fingerprint density at radius 1 is 0.852 bits per heavy atom. The molecule has 1 saturated carbocycles. The van der Waals surface area contributed by atoms with Gasteiger partial charge in [0.1, 0.15) is 18.0 Å². The van der Waals surface area contributed by atoms with Gasteiger partial charge in [0, 0.05) is 46.1 Å². The quantitative estimate of drug-likeness (QED) is 0.319. The monoisotopic (exact) mass is 386 g/mol. The van der Waals surface area contributed by atoms with Gasteiger partial charge in [-0.3, -0.25) is 14.4 Å². The smallest absolute Gasteiger partial charge is 0.303 e. The zero-order valence-corrected chi connectivity index (χ0v) is 16.5. The highest BCUT2D eigenvalue weighted by atomic mass is 16.6. The minimum atomic E-state index is -0.691. The van der Waals surface area contributed by atoms with Crippen LogP contribution in [0.1, 0.15) is 59.8 Å². The number of hydrogen-bond acceptors (Lipinski definition) is 8. The predicted octanol–water partition coefficient (Wildman–Crippen LogP) is 1.97. The van der Waals surface area contributed by atoms with Gasteiger partial charge in [0.2, 0.25) is 0 Å². The van der Waals surface area contributed by atoms with Crippen molar-refractivity contribution in [3.05, 3.63) is 0 Å². The van der Waals surface area contributed by atoms with Crippen LogP contribution in [0, 0.1) is 5.92 Å². The summed E-state index contributed by atoms with van der Waals surface area (Å²) in [6.45, 7) is 5.96. The molecule has 1 aliphatic rings. The summed E-state index contributed by atoms with van der Waals surface area (Å²) in [6, 6.07) is 0. The lowest BCUT2D eigenvalue weighted by atomic mass is 9.82. The lowest BCUT2D eigenvalue weighted by Crippen LogP contribution is -2.49. The zero-order valence-electron chi connectivity index (χ0n) is 16.5. The van der Waals surface area contributed by atoms with Crippen molar-refractivity contribution >= 4 is 23.7 Å². The van der Waals surface area contributed by atoms with Crippen molar-refractivity contribution < 1.29 is 38.1 Å². The molecule has 0 N–H and O–H groups in total. The van der Waals surface area contributed by atoms with E-state index in [1.165, 1.54) is 20.8 Å². The fraction of sp³-hybridized carbons (Fsp3) is 0.789. The van der Waals surface area contributed by atoms with Crippen LogP contribution in [-0.2, 0) is 38.1 Å². The van der Waals surface area contributed by atoms with E-state index in [9.17, 15) is 19.2 Å². The number of ketones is 1. The van der Waals surface area contributed by atoms with Gasteiger partial charge in [0.15, 0.2) is 0 Å².